The summed E-state index contributed by atoms with van der Waals surface area (Å²) in [4.78, 5) is 23.1. The van der Waals surface area contributed by atoms with Gasteiger partial charge in [-0.05, 0) is 93.0 Å². The van der Waals surface area contributed by atoms with Gasteiger partial charge in [0, 0.05) is 29.0 Å². The van der Waals surface area contributed by atoms with E-state index in [2.05, 4.69) is 53.8 Å². The van der Waals surface area contributed by atoms with E-state index in [1.165, 1.54) is 31.5 Å². The van der Waals surface area contributed by atoms with Gasteiger partial charge in [0.15, 0.2) is 0 Å². The Balaban J connectivity index is 1.61. The van der Waals surface area contributed by atoms with E-state index < -0.39 is 0 Å². The van der Waals surface area contributed by atoms with Crippen LogP contribution in [0.2, 0.25) is 0 Å². The van der Waals surface area contributed by atoms with E-state index >= 15 is 0 Å². The van der Waals surface area contributed by atoms with E-state index in [1.54, 1.807) is 12.4 Å². The zero-order chi connectivity index (χ0) is 22.9. The van der Waals surface area contributed by atoms with Gasteiger partial charge in [-0.25, -0.2) is 4.79 Å². The lowest BCUT2D eigenvalue weighted by atomic mass is 9.69. The molecule has 0 aliphatic carbocycles. The maximum absolute atomic E-state index is 13.2. The molecule has 1 aliphatic rings. The van der Waals surface area contributed by atoms with Crippen molar-refractivity contribution in [3.63, 3.8) is 0 Å². The number of carbonyl (C=O) groups is 1. The van der Waals surface area contributed by atoms with Crippen LogP contribution < -0.4 is 0 Å². The Morgan fingerprint density at radius 3 is 2.56 bits per heavy atom. The van der Waals surface area contributed by atoms with Gasteiger partial charge < -0.3 is 14.6 Å². The summed E-state index contributed by atoms with van der Waals surface area (Å²) in [5, 5.41) is 0.950. The first-order chi connectivity index (χ1) is 15.3. The lowest BCUT2D eigenvalue weighted by Crippen LogP contribution is -2.40. The summed E-state index contributed by atoms with van der Waals surface area (Å²) >= 11 is 0. The standard InChI is InChI=1S/C27H35N3O2/c1-6-30-15-11-21(12-16-30)27(4,5)22-7-8-24-23(17-22)25(18(2)29-24)26(31)32-19(3)20-9-13-28-14-10-20/h7-10,13-14,17,19,21,29H,6,11-12,15-16H2,1-5H3. The van der Waals surface area contributed by atoms with E-state index in [-0.39, 0.29) is 17.5 Å². The molecule has 170 valence electrons. The number of pyridine rings is 1. The number of hydrogen-bond acceptors (Lipinski definition) is 4. The fourth-order valence-electron chi connectivity index (χ4n) is 5.12. The number of piperidine rings is 1. The number of benzene rings is 1. The van der Waals surface area contributed by atoms with Crippen LogP contribution in [0.15, 0.2) is 42.7 Å². The summed E-state index contributed by atoms with van der Waals surface area (Å²) in [5.74, 6) is 0.342. The number of ether oxygens (including phenoxy) is 1. The van der Waals surface area contributed by atoms with Gasteiger partial charge in [-0.1, -0.05) is 26.8 Å². The van der Waals surface area contributed by atoms with Crippen LogP contribution in [0.4, 0.5) is 0 Å². The zero-order valence-electron chi connectivity index (χ0n) is 19.9. The molecule has 2 aromatic heterocycles. The van der Waals surface area contributed by atoms with Gasteiger partial charge in [0.05, 0.1) is 5.56 Å². The van der Waals surface area contributed by atoms with Crippen LogP contribution in [0.25, 0.3) is 10.9 Å². The Morgan fingerprint density at radius 2 is 1.91 bits per heavy atom. The van der Waals surface area contributed by atoms with Crippen molar-refractivity contribution in [1.82, 2.24) is 14.9 Å². The first-order valence-corrected chi connectivity index (χ1v) is 11.8. The molecule has 32 heavy (non-hydrogen) atoms. The van der Waals surface area contributed by atoms with Crippen molar-refractivity contribution in [1.29, 1.82) is 0 Å². The summed E-state index contributed by atoms with van der Waals surface area (Å²) in [6.45, 7) is 14.2. The van der Waals surface area contributed by atoms with E-state index in [0.717, 1.165) is 28.7 Å². The van der Waals surface area contributed by atoms with E-state index in [1.807, 2.05) is 26.0 Å². The van der Waals surface area contributed by atoms with Gasteiger partial charge in [0.25, 0.3) is 0 Å². The van der Waals surface area contributed by atoms with Gasteiger partial charge in [0.1, 0.15) is 6.10 Å². The Labute approximate surface area is 191 Å². The molecule has 1 atom stereocenters. The third-order valence-corrected chi connectivity index (χ3v) is 7.45. The smallest absolute Gasteiger partial charge is 0.341 e. The first-order valence-electron chi connectivity index (χ1n) is 11.8. The quantitative estimate of drug-likeness (QED) is 0.499. The van der Waals surface area contributed by atoms with Crippen molar-refractivity contribution in [2.24, 2.45) is 5.92 Å². The van der Waals surface area contributed by atoms with Gasteiger partial charge >= 0.3 is 5.97 Å². The monoisotopic (exact) mass is 433 g/mol. The Hall–Kier alpha value is -2.66. The van der Waals surface area contributed by atoms with Crippen molar-refractivity contribution in [3.05, 3.63) is 65.1 Å². The molecule has 1 fully saturated rings. The predicted octanol–water partition coefficient (Wildman–Crippen LogP) is 5.80. The molecule has 1 aliphatic heterocycles. The number of aromatic amines is 1. The minimum absolute atomic E-state index is 0.0463. The number of hydrogen-bond donors (Lipinski definition) is 1. The molecule has 3 aromatic rings. The lowest BCUT2D eigenvalue weighted by Gasteiger charge is -2.41. The molecular weight excluding hydrogens is 398 g/mol. The number of esters is 1. The molecule has 0 amide bonds. The molecule has 0 spiro atoms. The molecule has 0 saturated carbocycles. The highest BCUT2D eigenvalue weighted by Crippen LogP contribution is 2.40. The van der Waals surface area contributed by atoms with Crippen LogP contribution in [0.3, 0.4) is 0 Å². The van der Waals surface area contributed by atoms with Crippen molar-refractivity contribution in [3.8, 4) is 0 Å². The first kappa shape index (κ1) is 22.5. The number of likely N-dealkylation sites (tertiary alicyclic amines) is 1. The number of rotatable bonds is 6. The van der Waals surface area contributed by atoms with Crippen molar-refractivity contribution in [2.45, 2.75) is 59.0 Å². The number of aryl methyl sites for hydroxylation is 1. The highest BCUT2D eigenvalue weighted by Gasteiger charge is 2.34. The average molecular weight is 434 g/mol. The maximum atomic E-state index is 13.2. The number of aromatic nitrogens is 2. The number of H-pyrrole nitrogens is 1. The second kappa shape index (κ2) is 9.07. The van der Waals surface area contributed by atoms with E-state index in [4.69, 9.17) is 4.74 Å². The van der Waals surface area contributed by atoms with E-state index in [0.29, 0.717) is 11.5 Å². The average Bonchev–Trinajstić information content (AvgIpc) is 3.14. The van der Waals surface area contributed by atoms with Gasteiger partial charge in [0.2, 0.25) is 0 Å². The highest BCUT2D eigenvalue weighted by atomic mass is 16.5. The molecule has 0 radical (unpaired) electrons. The number of nitrogens with zero attached hydrogens (tertiary/aromatic N) is 2. The number of carbonyl (C=O) groups excluding carboxylic acids is 1. The summed E-state index contributed by atoms with van der Waals surface area (Å²) < 4.78 is 5.84. The molecule has 4 rings (SSSR count). The van der Waals surface area contributed by atoms with Crippen LogP contribution >= 0.6 is 0 Å². The summed E-state index contributed by atoms with van der Waals surface area (Å²) in [6.07, 6.45) is 5.52. The molecule has 1 aromatic carbocycles. The molecule has 5 heteroatoms. The Kier molecular flexibility index (Phi) is 6.38. The van der Waals surface area contributed by atoms with Crippen molar-refractivity contribution < 1.29 is 9.53 Å². The lowest BCUT2D eigenvalue weighted by molar-refractivity contribution is 0.0339. The normalized spacial score (nSPS) is 16.9. The van der Waals surface area contributed by atoms with Crippen molar-refractivity contribution >= 4 is 16.9 Å². The summed E-state index contributed by atoms with van der Waals surface area (Å²) in [7, 11) is 0. The second-order valence-electron chi connectivity index (χ2n) is 9.64. The highest BCUT2D eigenvalue weighted by molar-refractivity contribution is 6.05. The number of fused-ring (bicyclic) bond motifs is 1. The van der Waals surface area contributed by atoms with Crippen LogP contribution in [0.5, 0.6) is 0 Å². The molecule has 1 unspecified atom stereocenters. The maximum Gasteiger partial charge on any atom is 0.341 e. The molecule has 1 saturated heterocycles. The fourth-order valence-corrected chi connectivity index (χ4v) is 5.12. The summed E-state index contributed by atoms with van der Waals surface area (Å²) in [6, 6.07) is 10.3. The zero-order valence-corrected chi connectivity index (χ0v) is 19.9. The second-order valence-corrected chi connectivity index (χ2v) is 9.64. The van der Waals surface area contributed by atoms with Crippen LogP contribution in [-0.2, 0) is 10.2 Å². The number of nitrogens with one attached hydrogen (secondary N) is 1. The van der Waals surface area contributed by atoms with Crippen molar-refractivity contribution in [2.75, 3.05) is 19.6 Å². The van der Waals surface area contributed by atoms with Gasteiger partial charge in [-0.15, -0.1) is 0 Å². The van der Waals surface area contributed by atoms with Crippen LogP contribution in [0.1, 0.15) is 73.8 Å². The predicted molar refractivity (Wildman–Crippen MR) is 129 cm³/mol. The van der Waals surface area contributed by atoms with E-state index in [9.17, 15) is 4.79 Å². The molecule has 1 N–H and O–H groups in total. The largest absolute Gasteiger partial charge is 0.454 e. The topological polar surface area (TPSA) is 58.2 Å². The van der Waals surface area contributed by atoms with Crippen LogP contribution in [0, 0.1) is 12.8 Å². The third-order valence-electron chi connectivity index (χ3n) is 7.45. The van der Waals surface area contributed by atoms with Gasteiger partial charge in [-0.2, -0.15) is 0 Å². The van der Waals surface area contributed by atoms with Gasteiger partial charge in [-0.3, -0.25) is 4.98 Å². The molecule has 5 nitrogen and oxygen atoms in total. The fraction of sp³-hybridized carbons (Fsp3) is 0.481. The minimum Gasteiger partial charge on any atom is -0.454 e. The Morgan fingerprint density at radius 1 is 1.22 bits per heavy atom. The van der Waals surface area contributed by atoms with Crippen LogP contribution in [-0.4, -0.2) is 40.5 Å². The summed E-state index contributed by atoms with van der Waals surface area (Å²) in [5.41, 5.74) is 4.73. The third kappa shape index (κ3) is 4.31. The molecule has 3 heterocycles. The Bertz CT molecular complexity index is 1080. The minimum atomic E-state index is -0.335. The SMILES string of the molecule is CCN1CCC(C(C)(C)c2ccc3[nH]c(C)c(C(=O)OC(C)c4ccncc4)c3c2)CC1. The molecular formula is C27H35N3O2. The molecule has 0 bridgehead atoms.